The fraction of sp³-hybridized carbons (Fsp3) is 0.308. The smallest absolute Gasteiger partial charge is 0.275 e. The second kappa shape index (κ2) is 4.13. The van der Waals surface area contributed by atoms with E-state index in [2.05, 4.69) is 18.9 Å². The van der Waals surface area contributed by atoms with Gasteiger partial charge in [-0.25, -0.2) is 0 Å². The van der Waals surface area contributed by atoms with Gasteiger partial charge in [0.05, 0.1) is 0 Å². The van der Waals surface area contributed by atoms with E-state index >= 15 is 0 Å². The van der Waals surface area contributed by atoms with Gasteiger partial charge in [0, 0.05) is 7.05 Å². The van der Waals surface area contributed by atoms with E-state index in [9.17, 15) is 9.90 Å². The zero-order chi connectivity index (χ0) is 12.6. The summed E-state index contributed by atoms with van der Waals surface area (Å²) < 4.78 is 1.31. The summed E-state index contributed by atoms with van der Waals surface area (Å²) in [5.74, 6) is 0.416. The number of aromatic amines is 1. The summed E-state index contributed by atoms with van der Waals surface area (Å²) in [5, 5.41) is 12.3. The Bertz CT molecular complexity index is 576. The van der Waals surface area contributed by atoms with Crippen LogP contribution in [0.5, 0.6) is 5.88 Å². The van der Waals surface area contributed by atoms with Crippen LogP contribution in [0.25, 0.3) is 11.1 Å². The Morgan fingerprint density at radius 3 is 2.24 bits per heavy atom. The number of nitrogens with one attached hydrogen (secondary N) is 1. The van der Waals surface area contributed by atoms with E-state index in [1.54, 1.807) is 7.05 Å². The normalized spacial score (nSPS) is 11.1. The summed E-state index contributed by atoms with van der Waals surface area (Å²) in [5.41, 5.74) is 1.99. The Morgan fingerprint density at radius 2 is 1.82 bits per heavy atom. The van der Waals surface area contributed by atoms with Gasteiger partial charge in [-0.1, -0.05) is 38.1 Å². The highest BCUT2D eigenvalue weighted by Crippen LogP contribution is 2.26. The van der Waals surface area contributed by atoms with Gasteiger partial charge in [0.2, 0.25) is 5.88 Å². The molecule has 0 aliphatic carbocycles. The lowest BCUT2D eigenvalue weighted by Gasteiger charge is -2.05. The molecule has 4 nitrogen and oxygen atoms in total. The average Bonchev–Trinajstić information content (AvgIpc) is 2.53. The topological polar surface area (TPSA) is 58.0 Å². The van der Waals surface area contributed by atoms with Gasteiger partial charge in [-0.3, -0.25) is 14.6 Å². The van der Waals surface area contributed by atoms with Crippen LogP contribution in [0, 0.1) is 0 Å². The van der Waals surface area contributed by atoms with E-state index in [4.69, 9.17) is 0 Å². The molecule has 1 heterocycles. The lowest BCUT2D eigenvalue weighted by Crippen LogP contribution is -2.03. The van der Waals surface area contributed by atoms with Gasteiger partial charge in [-0.15, -0.1) is 0 Å². The van der Waals surface area contributed by atoms with Crippen molar-refractivity contribution in [2.75, 3.05) is 0 Å². The van der Waals surface area contributed by atoms with Gasteiger partial charge in [-0.05, 0) is 17.0 Å². The molecular formula is C13H16N2O2. The van der Waals surface area contributed by atoms with E-state index in [1.165, 1.54) is 10.2 Å². The van der Waals surface area contributed by atoms with Gasteiger partial charge < -0.3 is 5.11 Å². The molecule has 0 amide bonds. The molecule has 0 aliphatic heterocycles. The molecule has 0 saturated heterocycles. The summed E-state index contributed by atoms with van der Waals surface area (Å²) in [6.45, 7) is 4.23. The Balaban J connectivity index is 2.50. The Hall–Kier alpha value is -1.97. The first kappa shape index (κ1) is 11.5. The second-order valence-corrected chi connectivity index (χ2v) is 4.48. The highest BCUT2D eigenvalue weighted by Gasteiger charge is 2.13. The van der Waals surface area contributed by atoms with Crippen LogP contribution in [-0.2, 0) is 7.05 Å². The summed E-state index contributed by atoms with van der Waals surface area (Å²) in [4.78, 5) is 11.6. The van der Waals surface area contributed by atoms with E-state index in [0.717, 1.165) is 5.56 Å². The third kappa shape index (κ3) is 1.98. The third-order valence-electron chi connectivity index (χ3n) is 2.90. The number of H-pyrrole nitrogens is 1. The molecule has 1 aromatic heterocycles. The molecule has 0 saturated carbocycles. The summed E-state index contributed by atoms with van der Waals surface area (Å²) >= 11 is 0. The maximum absolute atomic E-state index is 11.6. The number of benzene rings is 1. The molecule has 0 unspecified atom stereocenters. The van der Waals surface area contributed by atoms with Gasteiger partial charge in [0.15, 0.2) is 0 Å². The lowest BCUT2D eigenvalue weighted by molar-refractivity contribution is 0.420. The molecular weight excluding hydrogens is 216 g/mol. The van der Waals surface area contributed by atoms with Crippen molar-refractivity contribution >= 4 is 0 Å². The van der Waals surface area contributed by atoms with Crippen molar-refractivity contribution in [2.24, 2.45) is 7.05 Å². The minimum atomic E-state index is -0.276. The van der Waals surface area contributed by atoms with Crippen LogP contribution in [0.3, 0.4) is 0 Å². The lowest BCUT2D eigenvalue weighted by atomic mass is 10.00. The van der Waals surface area contributed by atoms with Crippen LogP contribution in [0.1, 0.15) is 25.3 Å². The highest BCUT2D eigenvalue weighted by molar-refractivity contribution is 5.67. The van der Waals surface area contributed by atoms with Crippen LogP contribution < -0.4 is 5.56 Å². The van der Waals surface area contributed by atoms with Crippen LogP contribution in [0.2, 0.25) is 0 Å². The number of aromatic nitrogens is 2. The molecule has 17 heavy (non-hydrogen) atoms. The molecule has 2 aromatic rings. The first-order valence-corrected chi connectivity index (χ1v) is 5.59. The largest absolute Gasteiger partial charge is 0.493 e. The molecule has 90 valence electrons. The fourth-order valence-electron chi connectivity index (χ4n) is 1.83. The minimum absolute atomic E-state index is 0.0349. The van der Waals surface area contributed by atoms with Crippen molar-refractivity contribution in [1.29, 1.82) is 0 Å². The molecule has 0 fully saturated rings. The van der Waals surface area contributed by atoms with Crippen molar-refractivity contribution in [3.63, 3.8) is 0 Å². The van der Waals surface area contributed by atoms with E-state index in [0.29, 0.717) is 11.5 Å². The number of hydrogen-bond donors (Lipinski definition) is 2. The number of aryl methyl sites for hydroxylation is 1. The van der Waals surface area contributed by atoms with Crippen LogP contribution >= 0.6 is 0 Å². The predicted octanol–water partition coefficient (Wildman–Crippen LogP) is 2.21. The quantitative estimate of drug-likeness (QED) is 0.834. The van der Waals surface area contributed by atoms with Crippen LogP contribution in [0.15, 0.2) is 29.1 Å². The highest BCUT2D eigenvalue weighted by atomic mass is 16.3. The molecule has 0 aliphatic rings. The number of hydrogen-bond acceptors (Lipinski definition) is 2. The second-order valence-electron chi connectivity index (χ2n) is 4.48. The number of nitrogens with zero attached hydrogens (tertiary/aromatic N) is 1. The minimum Gasteiger partial charge on any atom is -0.493 e. The molecule has 0 radical (unpaired) electrons. The van der Waals surface area contributed by atoms with Crippen LogP contribution in [0.4, 0.5) is 0 Å². The number of aromatic hydroxyl groups is 1. The first-order chi connectivity index (χ1) is 8.00. The molecule has 4 heteroatoms. The Kier molecular flexibility index (Phi) is 2.79. The molecule has 2 N–H and O–H groups in total. The van der Waals surface area contributed by atoms with Crippen molar-refractivity contribution in [3.05, 3.63) is 40.2 Å². The zero-order valence-corrected chi connectivity index (χ0v) is 10.2. The van der Waals surface area contributed by atoms with Gasteiger partial charge in [0.1, 0.15) is 5.56 Å². The molecule has 0 atom stereocenters. The monoisotopic (exact) mass is 232 g/mol. The van der Waals surface area contributed by atoms with Gasteiger partial charge in [0.25, 0.3) is 5.56 Å². The van der Waals surface area contributed by atoms with Crippen LogP contribution in [-0.4, -0.2) is 14.9 Å². The molecule has 0 spiro atoms. The standard InChI is InChI=1S/C13H16N2O2/c1-8(2)9-4-6-10(7-5-9)11-12(16)14-15(3)13(11)17/h4-8,17H,1-3H3,(H,14,16). The summed E-state index contributed by atoms with van der Waals surface area (Å²) in [7, 11) is 1.60. The third-order valence-corrected chi connectivity index (χ3v) is 2.90. The summed E-state index contributed by atoms with van der Waals surface area (Å²) in [6.07, 6.45) is 0. The van der Waals surface area contributed by atoms with Crippen molar-refractivity contribution < 1.29 is 5.11 Å². The Morgan fingerprint density at radius 1 is 1.24 bits per heavy atom. The van der Waals surface area contributed by atoms with Crippen molar-refractivity contribution in [2.45, 2.75) is 19.8 Å². The molecule has 0 bridgehead atoms. The van der Waals surface area contributed by atoms with Gasteiger partial charge in [-0.2, -0.15) is 0 Å². The maximum atomic E-state index is 11.6. The predicted molar refractivity (Wildman–Crippen MR) is 67.2 cm³/mol. The van der Waals surface area contributed by atoms with E-state index < -0.39 is 0 Å². The van der Waals surface area contributed by atoms with Crippen molar-refractivity contribution in [1.82, 2.24) is 9.78 Å². The average molecular weight is 232 g/mol. The SMILES string of the molecule is CC(C)c1ccc(-c2c(O)n(C)[nH]c2=O)cc1. The molecule has 1 aromatic carbocycles. The fourth-order valence-corrected chi connectivity index (χ4v) is 1.83. The first-order valence-electron chi connectivity index (χ1n) is 5.59. The maximum Gasteiger partial charge on any atom is 0.275 e. The summed E-state index contributed by atoms with van der Waals surface area (Å²) in [6, 6.07) is 7.68. The Labute approximate surface area is 99.5 Å². The van der Waals surface area contributed by atoms with E-state index in [1.807, 2.05) is 24.3 Å². The number of rotatable bonds is 2. The van der Waals surface area contributed by atoms with Gasteiger partial charge >= 0.3 is 0 Å². The van der Waals surface area contributed by atoms with Crippen molar-refractivity contribution in [3.8, 4) is 17.0 Å². The zero-order valence-electron chi connectivity index (χ0n) is 10.2. The van der Waals surface area contributed by atoms with E-state index in [-0.39, 0.29) is 11.4 Å². The molecule has 2 rings (SSSR count).